The number of nitrogens with two attached hydrogens (primary N) is 1. The van der Waals surface area contributed by atoms with Gasteiger partial charge < -0.3 is 5.73 Å². The van der Waals surface area contributed by atoms with Gasteiger partial charge in [0.15, 0.2) is 0 Å². The van der Waals surface area contributed by atoms with Gasteiger partial charge in [-0.25, -0.2) is 4.98 Å². The smallest absolute Gasteiger partial charge is 0.370 e. The highest BCUT2D eigenvalue weighted by molar-refractivity contribution is 7.99. The van der Waals surface area contributed by atoms with Gasteiger partial charge in [0.05, 0.1) is 16.8 Å². The van der Waals surface area contributed by atoms with Crippen LogP contribution < -0.4 is 5.73 Å². The molecule has 0 bridgehead atoms. The second-order valence-corrected chi connectivity index (χ2v) is 5.86. The number of carbonyl (C=O) groups is 1. The van der Waals surface area contributed by atoms with Crippen LogP contribution in [0.1, 0.15) is 17.5 Å². The van der Waals surface area contributed by atoms with Crippen LogP contribution in [0.4, 0.5) is 13.2 Å². The van der Waals surface area contributed by atoms with Gasteiger partial charge in [-0.1, -0.05) is 30.3 Å². The van der Waals surface area contributed by atoms with Gasteiger partial charge in [-0.05, 0) is 6.07 Å². The summed E-state index contributed by atoms with van der Waals surface area (Å²) in [7, 11) is 0. The highest BCUT2D eigenvalue weighted by atomic mass is 32.2. The third-order valence-electron chi connectivity index (χ3n) is 3.06. The zero-order valence-corrected chi connectivity index (χ0v) is 13.1. The molecular weight excluding hydrogens is 339 g/mol. The summed E-state index contributed by atoms with van der Waals surface area (Å²) in [6.07, 6.45) is -4.70. The predicted octanol–water partition coefficient (Wildman–Crippen LogP) is 3.61. The molecule has 0 aliphatic carbocycles. The topological polar surface area (TPSA) is 79.8 Å². The number of nitriles is 1. The SMILES string of the molecule is N#Cc1c(C(F)(F)F)cc(-c2ccccc2)nc1SCCC(N)=O. The van der Waals surface area contributed by atoms with Gasteiger partial charge in [-0.3, -0.25) is 4.79 Å². The highest BCUT2D eigenvalue weighted by Gasteiger charge is 2.36. The number of hydrogen-bond acceptors (Lipinski definition) is 4. The lowest BCUT2D eigenvalue weighted by atomic mass is 10.1. The Morgan fingerprint density at radius 3 is 2.50 bits per heavy atom. The summed E-state index contributed by atoms with van der Waals surface area (Å²) in [6, 6.07) is 10.8. The molecule has 4 nitrogen and oxygen atoms in total. The molecule has 0 unspecified atom stereocenters. The van der Waals surface area contributed by atoms with E-state index >= 15 is 0 Å². The molecule has 0 aliphatic rings. The molecule has 0 fully saturated rings. The van der Waals surface area contributed by atoms with Crippen molar-refractivity contribution in [1.82, 2.24) is 4.98 Å². The van der Waals surface area contributed by atoms with Crippen LogP contribution in [-0.4, -0.2) is 16.6 Å². The number of nitrogens with zero attached hydrogens (tertiary/aromatic N) is 2. The van der Waals surface area contributed by atoms with Crippen molar-refractivity contribution in [2.75, 3.05) is 5.75 Å². The van der Waals surface area contributed by atoms with E-state index in [1.807, 2.05) is 0 Å². The first-order valence-electron chi connectivity index (χ1n) is 6.81. The number of rotatable bonds is 5. The standard InChI is InChI=1S/C16H12F3N3OS/c17-16(18,19)12-8-13(10-4-2-1-3-5-10)22-15(11(12)9-20)24-7-6-14(21)23/h1-5,8H,6-7H2,(H2,21,23). The van der Waals surface area contributed by atoms with Gasteiger partial charge in [0, 0.05) is 17.7 Å². The normalized spacial score (nSPS) is 11.1. The number of hydrogen-bond donors (Lipinski definition) is 1. The second-order valence-electron chi connectivity index (χ2n) is 4.78. The quantitative estimate of drug-likeness (QED) is 0.835. The molecule has 1 aromatic carbocycles. The van der Waals surface area contributed by atoms with E-state index in [1.54, 1.807) is 36.4 Å². The van der Waals surface area contributed by atoms with Crippen molar-refractivity contribution in [2.24, 2.45) is 5.73 Å². The van der Waals surface area contributed by atoms with Gasteiger partial charge >= 0.3 is 6.18 Å². The van der Waals surface area contributed by atoms with Crippen molar-refractivity contribution in [3.8, 4) is 17.3 Å². The Balaban J connectivity index is 2.54. The minimum Gasteiger partial charge on any atom is -0.370 e. The van der Waals surface area contributed by atoms with Crippen molar-refractivity contribution in [2.45, 2.75) is 17.6 Å². The molecule has 0 saturated carbocycles. The van der Waals surface area contributed by atoms with Gasteiger partial charge in [0.2, 0.25) is 5.91 Å². The third-order valence-corrected chi connectivity index (χ3v) is 4.04. The molecule has 124 valence electrons. The number of amides is 1. The number of aromatic nitrogens is 1. The van der Waals surface area contributed by atoms with E-state index in [2.05, 4.69) is 4.98 Å². The van der Waals surface area contributed by atoms with Crippen LogP contribution in [0, 0.1) is 11.3 Å². The molecule has 0 spiro atoms. The van der Waals surface area contributed by atoms with Crippen molar-refractivity contribution in [1.29, 1.82) is 5.26 Å². The largest absolute Gasteiger partial charge is 0.417 e. The lowest BCUT2D eigenvalue weighted by Crippen LogP contribution is -2.12. The number of benzene rings is 1. The maximum Gasteiger partial charge on any atom is 0.417 e. The van der Waals surface area contributed by atoms with Crippen LogP contribution in [0.15, 0.2) is 41.4 Å². The summed E-state index contributed by atoms with van der Waals surface area (Å²) in [6.45, 7) is 0. The van der Waals surface area contributed by atoms with Crippen LogP contribution in [-0.2, 0) is 11.0 Å². The monoisotopic (exact) mass is 351 g/mol. The molecule has 8 heteroatoms. The maximum atomic E-state index is 13.3. The van der Waals surface area contributed by atoms with E-state index in [-0.39, 0.29) is 22.9 Å². The Labute approximate surface area is 140 Å². The van der Waals surface area contributed by atoms with Crippen molar-refractivity contribution in [3.05, 3.63) is 47.5 Å². The summed E-state index contributed by atoms with van der Waals surface area (Å²) in [4.78, 5) is 15.0. The van der Waals surface area contributed by atoms with E-state index in [0.717, 1.165) is 17.8 Å². The molecule has 0 saturated heterocycles. The molecule has 1 heterocycles. The van der Waals surface area contributed by atoms with Crippen molar-refractivity contribution >= 4 is 17.7 Å². The van der Waals surface area contributed by atoms with Crippen LogP contribution in [0.2, 0.25) is 0 Å². The molecule has 1 aromatic heterocycles. The third kappa shape index (κ3) is 4.26. The van der Waals surface area contributed by atoms with Crippen molar-refractivity contribution < 1.29 is 18.0 Å². The Kier molecular flexibility index (Phi) is 5.46. The van der Waals surface area contributed by atoms with Gasteiger partial charge in [0.1, 0.15) is 11.1 Å². The average Bonchev–Trinajstić information content (AvgIpc) is 2.53. The zero-order valence-electron chi connectivity index (χ0n) is 12.3. The number of primary amides is 1. The zero-order chi connectivity index (χ0) is 17.7. The summed E-state index contributed by atoms with van der Waals surface area (Å²) >= 11 is 0.905. The average molecular weight is 351 g/mol. The molecule has 2 aromatic rings. The van der Waals surface area contributed by atoms with Gasteiger partial charge in [0.25, 0.3) is 0 Å². The highest BCUT2D eigenvalue weighted by Crippen LogP contribution is 2.37. The number of pyridine rings is 1. The minimum atomic E-state index is -4.68. The maximum absolute atomic E-state index is 13.3. The van der Waals surface area contributed by atoms with Gasteiger partial charge in [-0.2, -0.15) is 18.4 Å². The lowest BCUT2D eigenvalue weighted by molar-refractivity contribution is -0.138. The van der Waals surface area contributed by atoms with Crippen LogP contribution in [0.3, 0.4) is 0 Å². The summed E-state index contributed by atoms with van der Waals surface area (Å²) in [5.41, 5.74) is 4.06. The fraction of sp³-hybridized carbons (Fsp3) is 0.188. The molecule has 0 aliphatic heterocycles. The Bertz CT molecular complexity index is 786. The molecule has 24 heavy (non-hydrogen) atoms. The summed E-state index contributed by atoms with van der Waals surface area (Å²) < 4.78 is 39.9. The summed E-state index contributed by atoms with van der Waals surface area (Å²) in [5.74, 6) is -0.428. The first-order valence-corrected chi connectivity index (χ1v) is 7.80. The predicted molar refractivity (Wildman–Crippen MR) is 83.9 cm³/mol. The number of halogens is 3. The molecule has 2 rings (SSSR count). The Morgan fingerprint density at radius 2 is 1.96 bits per heavy atom. The molecule has 0 atom stereocenters. The first-order chi connectivity index (χ1) is 11.3. The van der Waals surface area contributed by atoms with Crippen LogP contribution >= 0.6 is 11.8 Å². The Hall–Kier alpha value is -2.53. The van der Waals surface area contributed by atoms with E-state index in [0.29, 0.717) is 5.56 Å². The first kappa shape index (κ1) is 17.8. The number of carbonyl (C=O) groups excluding carboxylic acids is 1. The van der Waals surface area contributed by atoms with E-state index in [9.17, 15) is 18.0 Å². The molecule has 0 radical (unpaired) electrons. The van der Waals surface area contributed by atoms with E-state index in [1.165, 1.54) is 0 Å². The minimum absolute atomic E-state index is 0.0197. The van der Waals surface area contributed by atoms with E-state index < -0.39 is 23.2 Å². The lowest BCUT2D eigenvalue weighted by Gasteiger charge is -2.14. The molecule has 1 amide bonds. The van der Waals surface area contributed by atoms with Crippen molar-refractivity contribution in [3.63, 3.8) is 0 Å². The fourth-order valence-corrected chi connectivity index (χ4v) is 2.92. The van der Waals surface area contributed by atoms with E-state index in [4.69, 9.17) is 11.0 Å². The Morgan fingerprint density at radius 1 is 1.29 bits per heavy atom. The number of alkyl halides is 3. The summed E-state index contributed by atoms with van der Waals surface area (Å²) in [5, 5.41) is 9.08. The second kappa shape index (κ2) is 7.36. The number of thioether (sulfide) groups is 1. The molecular formula is C16H12F3N3OS. The molecule has 2 N–H and O–H groups in total. The van der Waals surface area contributed by atoms with Gasteiger partial charge in [-0.15, -0.1) is 11.8 Å². The fourth-order valence-electron chi connectivity index (χ4n) is 1.96. The van der Waals surface area contributed by atoms with Crippen LogP contribution in [0.5, 0.6) is 0 Å². The van der Waals surface area contributed by atoms with Crippen LogP contribution in [0.25, 0.3) is 11.3 Å².